The average Bonchev–Trinajstić information content (AvgIpc) is 2.66. The highest BCUT2D eigenvalue weighted by Crippen LogP contribution is 2.10. The predicted octanol–water partition coefficient (Wildman–Crippen LogP) is 4.97. The first-order valence-corrected chi connectivity index (χ1v) is 11.0. The Morgan fingerprint density at radius 2 is 0.833 bits per heavy atom. The molecule has 1 heterocycles. The molecule has 0 saturated heterocycles. The Labute approximate surface area is 180 Å². The number of hydrogen-bond donors (Lipinski definition) is 0. The SMILES string of the molecule is C[C@@H]1CCC/C=C/C(=O)O[C@H](C)CCC/C=C/C(=O)O[C@H](C)CCC/C=C/C(=O)O1. The summed E-state index contributed by atoms with van der Waals surface area (Å²) < 4.78 is 16.0. The summed E-state index contributed by atoms with van der Waals surface area (Å²) in [7, 11) is 0. The maximum atomic E-state index is 11.8. The van der Waals surface area contributed by atoms with Gasteiger partial charge in [0.2, 0.25) is 0 Å². The second kappa shape index (κ2) is 15.5. The number of carbonyl (C=O) groups excluding carboxylic acids is 3. The smallest absolute Gasteiger partial charge is 0.330 e. The molecule has 0 aliphatic carbocycles. The van der Waals surface area contributed by atoms with Gasteiger partial charge in [-0.05, 0) is 78.6 Å². The minimum absolute atomic E-state index is 0.180. The van der Waals surface area contributed by atoms with Gasteiger partial charge < -0.3 is 14.2 Å². The summed E-state index contributed by atoms with van der Waals surface area (Å²) in [6.45, 7) is 5.58. The van der Waals surface area contributed by atoms with Gasteiger partial charge in [-0.25, -0.2) is 14.4 Å². The number of hydrogen-bond acceptors (Lipinski definition) is 6. The summed E-state index contributed by atoms with van der Waals surface area (Å²) in [6.07, 6.45) is 16.0. The van der Waals surface area contributed by atoms with Crippen LogP contribution in [0.5, 0.6) is 0 Å². The van der Waals surface area contributed by atoms with E-state index < -0.39 is 0 Å². The average molecular weight is 421 g/mol. The van der Waals surface area contributed by atoms with Crippen molar-refractivity contribution in [1.82, 2.24) is 0 Å². The molecule has 0 aromatic carbocycles. The van der Waals surface area contributed by atoms with Gasteiger partial charge in [-0.3, -0.25) is 0 Å². The standard InChI is InChI=1S/C24H36O6/c1-19-13-7-4-10-17-23(26)29-21(3)15-9-6-12-18-24(27)30-20(2)14-8-5-11-16-22(25)28-19/h10-12,16-21H,4-9,13-15H2,1-3H3/b16-11+,17-10+,18-12+/t19-,20-,21-/m1/s1. The fourth-order valence-electron chi connectivity index (χ4n) is 3.00. The third-order valence-electron chi connectivity index (χ3n) is 4.66. The Kier molecular flexibility index (Phi) is 13.2. The van der Waals surface area contributed by atoms with Crippen molar-refractivity contribution in [2.24, 2.45) is 0 Å². The van der Waals surface area contributed by atoms with Gasteiger partial charge in [0, 0.05) is 18.2 Å². The van der Waals surface area contributed by atoms with E-state index >= 15 is 0 Å². The van der Waals surface area contributed by atoms with Gasteiger partial charge >= 0.3 is 17.9 Å². The quantitative estimate of drug-likeness (QED) is 0.406. The zero-order chi connectivity index (χ0) is 22.2. The molecule has 6 heteroatoms. The normalized spacial score (nSPS) is 30.1. The van der Waals surface area contributed by atoms with Crippen molar-refractivity contribution in [2.45, 2.75) is 96.9 Å². The Hall–Kier alpha value is -2.37. The summed E-state index contributed by atoms with van der Waals surface area (Å²) in [4.78, 5) is 35.5. The largest absolute Gasteiger partial charge is 0.460 e. The lowest BCUT2D eigenvalue weighted by Crippen LogP contribution is -2.13. The van der Waals surface area contributed by atoms with Crippen molar-refractivity contribution < 1.29 is 28.6 Å². The summed E-state index contributed by atoms with van der Waals surface area (Å²) in [5.74, 6) is -1.06. The lowest BCUT2D eigenvalue weighted by atomic mass is 10.1. The number of ether oxygens (including phenoxy) is 3. The van der Waals surface area contributed by atoms with E-state index in [1.54, 1.807) is 18.2 Å². The highest BCUT2D eigenvalue weighted by molar-refractivity contribution is 5.82. The summed E-state index contributed by atoms with van der Waals surface area (Å²) in [5.41, 5.74) is 0. The van der Waals surface area contributed by atoms with Crippen LogP contribution >= 0.6 is 0 Å². The van der Waals surface area contributed by atoms with Gasteiger partial charge in [0.1, 0.15) is 0 Å². The molecule has 0 N–H and O–H groups in total. The lowest BCUT2D eigenvalue weighted by Gasteiger charge is -2.12. The molecular formula is C24H36O6. The molecule has 30 heavy (non-hydrogen) atoms. The molecule has 3 atom stereocenters. The minimum Gasteiger partial charge on any atom is -0.460 e. The molecule has 1 aliphatic rings. The van der Waals surface area contributed by atoms with Gasteiger partial charge in [-0.1, -0.05) is 18.2 Å². The topological polar surface area (TPSA) is 78.9 Å². The first-order valence-electron chi connectivity index (χ1n) is 11.0. The van der Waals surface area contributed by atoms with E-state index in [-0.39, 0.29) is 36.2 Å². The van der Waals surface area contributed by atoms with E-state index in [4.69, 9.17) is 14.2 Å². The van der Waals surface area contributed by atoms with Gasteiger partial charge in [0.25, 0.3) is 0 Å². The van der Waals surface area contributed by atoms with E-state index in [1.807, 2.05) is 20.8 Å². The van der Waals surface area contributed by atoms with Crippen LogP contribution in [0.25, 0.3) is 0 Å². The monoisotopic (exact) mass is 420 g/mol. The molecule has 0 aromatic heterocycles. The van der Waals surface area contributed by atoms with E-state index in [1.165, 1.54) is 18.2 Å². The van der Waals surface area contributed by atoms with Crippen LogP contribution in [-0.4, -0.2) is 36.2 Å². The molecule has 0 spiro atoms. The van der Waals surface area contributed by atoms with E-state index in [2.05, 4.69) is 0 Å². The molecule has 1 aliphatic heterocycles. The van der Waals surface area contributed by atoms with Crippen LogP contribution in [0.15, 0.2) is 36.5 Å². The molecule has 0 aromatic rings. The fourth-order valence-corrected chi connectivity index (χ4v) is 3.00. The second-order valence-electron chi connectivity index (χ2n) is 7.74. The van der Waals surface area contributed by atoms with Crippen molar-refractivity contribution in [3.05, 3.63) is 36.5 Å². The van der Waals surface area contributed by atoms with Gasteiger partial charge in [-0.15, -0.1) is 0 Å². The molecule has 0 saturated carbocycles. The Morgan fingerprint density at radius 1 is 0.567 bits per heavy atom. The van der Waals surface area contributed by atoms with Crippen LogP contribution in [0.1, 0.15) is 78.6 Å². The molecule has 0 bridgehead atoms. The fraction of sp³-hybridized carbons (Fsp3) is 0.625. The van der Waals surface area contributed by atoms with Crippen LogP contribution < -0.4 is 0 Å². The van der Waals surface area contributed by atoms with Crippen LogP contribution in [0, 0.1) is 0 Å². The van der Waals surface area contributed by atoms with Gasteiger partial charge in [0.15, 0.2) is 0 Å². The number of rotatable bonds is 0. The van der Waals surface area contributed by atoms with E-state index in [9.17, 15) is 14.4 Å². The Morgan fingerprint density at radius 3 is 1.10 bits per heavy atom. The number of carbonyl (C=O) groups is 3. The molecule has 0 radical (unpaired) electrons. The maximum Gasteiger partial charge on any atom is 0.330 e. The van der Waals surface area contributed by atoms with E-state index in [0.717, 1.165) is 57.8 Å². The van der Waals surface area contributed by atoms with Gasteiger partial charge in [-0.2, -0.15) is 0 Å². The molecule has 0 fully saturated rings. The van der Waals surface area contributed by atoms with Crippen LogP contribution in [0.2, 0.25) is 0 Å². The number of esters is 3. The zero-order valence-electron chi connectivity index (χ0n) is 18.5. The summed E-state index contributed by atoms with van der Waals surface area (Å²) >= 11 is 0. The highest BCUT2D eigenvalue weighted by Gasteiger charge is 2.09. The molecule has 6 nitrogen and oxygen atoms in total. The summed E-state index contributed by atoms with van der Waals surface area (Å²) in [5, 5.41) is 0. The minimum atomic E-state index is -0.352. The lowest BCUT2D eigenvalue weighted by molar-refractivity contribution is -0.143. The van der Waals surface area contributed by atoms with Crippen molar-refractivity contribution in [3.8, 4) is 0 Å². The molecule has 1 rings (SSSR count). The Bertz CT molecular complexity index is 534. The molecule has 0 amide bonds. The van der Waals surface area contributed by atoms with Crippen molar-refractivity contribution in [1.29, 1.82) is 0 Å². The predicted molar refractivity (Wildman–Crippen MR) is 116 cm³/mol. The molecular weight excluding hydrogens is 384 g/mol. The first kappa shape index (κ1) is 25.7. The molecule has 168 valence electrons. The van der Waals surface area contributed by atoms with Crippen molar-refractivity contribution >= 4 is 17.9 Å². The van der Waals surface area contributed by atoms with E-state index in [0.29, 0.717) is 0 Å². The summed E-state index contributed by atoms with van der Waals surface area (Å²) in [6, 6.07) is 0. The third kappa shape index (κ3) is 13.7. The number of allylic oxidation sites excluding steroid dienone is 3. The second-order valence-corrected chi connectivity index (χ2v) is 7.74. The Balaban J connectivity index is 2.58. The zero-order valence-corrected chi connectivity index (χ0v) is 18.5. The van der Waals surface area contributed by atoms with Crippen LogP contribution in [0.4, 0.5) is 0 Å². The third-order valence-corrected chi connectivity index (χ3v) is 4.66. The first-order chi connectivity index (χ1) is 14.4. The van der Waals surface area contributed by atoms with Crippen molar-refractivity contribution in [3.63, 3.8) is 0 Å². The maximum absolute atomic E-state index is 11.8. The highest BCUT2D eigenvalue weighted by atomic mass is 16.5. The van der Waals surface area contributed by atoms with Crippen LogP contribution in [-0.2, 0) is 28.6 Å². The molecule has 0 unspecified atom stereocenters. The van der Waals surface area contributed by atoms with Gasteiger partial charge in [0.05, 0.1) is 18.3 Å². The number of cyclic esters (lactones) is 3. The van der Waals surface area contributed by atoms with Crippen LogP contribution in [0.3, 0.4) is 0 Å². The van der Waals surface area contributed by atoms with Crippen molar-refractivity contribution in [2.75, 3.05) is 0 Å².